The van der Waals surface area contributed by atoms with Gasteiger partial charge >= 0.3 is 0 Å². The highest BCUT2D eigenvalue weighted by molar-refractivity contribution is 6.30. The highest BCUT2D eigenvalue weighted by atomic mass is 35.5. The lowest BCUT2D eigenvalue weighted by Gasteiger charge is -2.30. The second-order valence-electron chi connectivity index (χ2n) is 8.31. The van der Waals surface area contributed by atoms with Crippen molar-refractivity contribution in [1.29, 1.82) is 0 Å². The van der Waals surface area contributed by atoms with Gasteiger partial charge in [0, 0.05) is 29.2 Å². The van der Waals surface area contributed by atoms with Crippen LogP contribution in [0.2, 0.25) is 5.02 Å². The molecular weight excluding hydrogens is 442 g/mol. The summed E-state index contributed by atoms with van der Waals surface area (Å²) in [5.74, 6) is 2.86. The summed E-state index contributed by atoms with van der Waals surface area (Å²) in [6.45, 7) is 4.01. The summed E-state index contributed by atoms with van der Waals surface area (Å²) in [6.07, 6.45) is 1.73. The van der Waals surface area contributed by atoms with Crippen LogP contribution in [0.4, 0.5) is 0 Å². The number of benzene rings is 3. The van der Waals surface area contributed by atoms with E-state index in [-0.39, 0.29) is 18.3 Å². The van der Waals surface area contributed by atoms with Crippen LogP contribution in [0.3, 0.4) is 0 Å². The molecular formula is C26H20ClNO5. The van der Waals surface area contributed by atoms with Gasteiger partial charge in [0.2, 0.25) is 12.6 Å². The van der Waals surface area contributed by atoms with Gasteiger partial charge in [0.15, 0.2) is 17.3 Å². The Hall–Kier alpha value is -3.48. The van der Waals surface area contributed by atoms with Crippen LogP contribution in [-0.2, 0) is 13.1 Å². The number of nitrogens with zero attached hydrogens (tertiary/aromatic N) is 1. The largest absolute Gasteiger partial charge is 0.477 e. The van der Waals surface area contributed by atoms with E-state index in [1.807, 2.05) is 55.5 Å². The fourth-order valence-electron chi connectivity index (χ4n) is 4.40. The van der Waals surface area contributed by atoms with Crippen LogP contribution in [0.25, 0.3) is 6.08 Å². The summed E-state index contributed by atoms with van der Waals surface area (Å²) >= 11 is 6.00. The molecule has 3 aromatic carbocycles. The van der Waals surface area contributed by atoms with E-state index in [0.717, 1.165) is 34.5 Å². The summed E-state index contributed by atoms with van der Waals surface area (Å²) in [6, 6.07) is 15.2. The fourth-order valence-corrected chi connectivity index (χ4v) is 4.53. The van der Waals surface area contributed by atoms with E-state index in [0.29, 0.717) is 41.1 Å². The molecule has 6 nitrogen and oxygen atoms in total. The highest BCUT2D eigenvalue weighted by Gasteiger charge is 2.33. The van der Waals surface area contributed by atoms with Gasteiger partial charge in [-0.2, -0.15) is 0 Å². The zero-order valence-corrected chi connectivity index (χ0v) is 18.6. The number of carbonyl (C=O) groups excluding carboxylic acids is 1. The Morgan fingerprint density at radius 1 is 1.00 bits per heavy atom. The molecule has 0 aliphatic carbocycles. The van der Waals surface area contributed by atoms with Gasteiger partial charge in [-0.3, -0.25) is 9.69 Å². The maximum atomic E-state index is 13.2. The zero-order valence-electron chi connectivity index (χ0n) is 17.9. The first-order chi connectivity index (χ1) is 16.0. The minimum absolute atomic E-state index is 0.136. The van der Waals surface area contributed by atoms with Crippen molar-refractivity contribution < 1.29 is 23.7 Å². The molecule has 0 bridgehead atoms. The molecule has 0 atom stereocenters. The molecule has 166 valence electrons. The van der Waals surface area contributed by atoms with Gasteiger partial charge in [-0.15, -0.1) is 0 Å². The van der Waals surface area contributed by atoms with Crippen LogP contribution in [-0.4, -0.2) is 24.2 Å². The van der Waals surface area contributed by atoms with E-state index in [1.165, 1.54) is 0 Å². The van der Waals surface area contributed by atoms with E-state index in [4.69, 9.17) is 30.5 Å². The molecule has 0 unspecified atom stereocenters. The van der Waals surface area contributed by atoms with Crippen LogP contribution in [0, 0.1) is 6.92 Å². The number of ketones is 1. The molecule has 0 N–H and O–H groups in total. The second kappa shape index (κ2) is 7.83. The standard InChI is InChI=1S/C26H20ClNO5/c1-15-25-18(12-28(13-30-25)11-16-2-5-19(27)6-3-16)10-20-24(29)23(33-26(15)20)9-17-4-7-21-22(8-17)32-14-31-21/h2-10H,11-14H2,1H3/b23-9-. The minimum atomic E-state index is -0.136. The van der Waals surface area contributed by atoms with Gasteiger partial charge in [0.25, 0.3) is 0 Å². The second-order valence-corrected chi connectivity index (χ2v) is 8.74. The van der Waals surface area contributed by atoms with Crippen molar-refractivity contribution in [2.24, 2.45) is 0 Å². The Balaban J connectivity index is 1.27. The van der Waals surface area contributed by atoms with Crippen molar-refractivity contribution in [1.82, 2.24) is 4.90 Å². The number of halogens is 1. The summed E-state index contributed by atoms with van der Waals surface area (Å²) in [5, 5.41) is 0.716. The number of carbonyl (C=O) groups is 1. The average molecular weight is 462 g/mol. The molecule has 0 saturated carbocycles. The molecule has 7 heteroatoms. The van der Waals surface area contributed by atoms with E-state index in [2.05, 4.69) is 4.90 Å². The summed E-state index contributed by atoms with van der Waals surface area (Å²) in [4.78, 5) is 15.3. The first-order valence-corrected chi connectivity index (χ1v) is 11.0. The summed E-state index contributed by atoms with van der Waals surface area (Å²) in [7, 11) is 0. The average Bonchev–Trinajstić information content (AvgIpc) is 3.40. The summed E-state index contributed by atoms with van der Waals surface area (Å²) in [5.41, 5.74) is 4.35. The van der Waals surface area contributed by atoms with Crippen LogP contribution in [0.15, 0.2) is 54.3 Å². The molecule has 0 radical (unpaired) electrons. The third-order valence-electron chi connectivity index (χ3n) is 6.02. The molecule has 0 fully saturated rings. The number of allylic oxidation sites excluding steroid dienone is 1. The van der Waals surface area contributed by atoms with Gasteiger partial charge in [0.1, 0.15) is 18.2 Å². The highest BCUT2D eigenvalue weighted by Crippen LogP contribution is 2.43. The molecule has 3 aliphatic rings. The minimum Gasteiger partial charge on any atom is -0.477 e. The maximum absolute atomic E-state index is 13.2. The van der Waals surface area contributed by atoms with Crippen molar-refractivity contribution in [2.75, 3.05) is 13.5 Å². The molecule has 0 aromatic heterocycles. The van der Waals surface area contributed by atoms with E-state index < -0.39 is 0 Å². The molecule has 33 heavy (non-hydrogen) atoms. The van der Waals surface area contributed by atoms with Gasteiger partial charge in [-0.05, 0) is 54.5 Å². The van der Waals surface area contributed by atoms with E-state index in [9.17, 15) is 4.79 Å². The molecule has 0 saturated heterocycles. The lowest BCUT2D eigenvalue weighted by atomic mass is 10.00. The van der Waals surface area contributed by atoms with Gasteiger partial charge in [-0.25, -0.2) is 0 Å². The van der Waals surface area contributed by atoms with Gasteiger partial charge in [0.05, 0.1) is 5.56 Å². The van der Waals surface area contributed by atoms with Crippen molar-refractivity contribution in [3.8, 4) is 23.0 Å². The number of hydrogen-bond acceptors (Lipinski definition) is 6. The van der Waals surface area contributed by atoms with Gasteiger partial charge in [-0.1, -0.05) is 29.8 Å². The molecule has 6 rings (SSSR count). The number of hydrogen-bond donors (Lipinski definition) is 0. The molecule has 3 aliphatic heterocycles. The topological polar surface area (TPSA) is 57.2 Å². The van der Waals surface area contributed by atoms with Crippen molar-refractivity contribution >= 4 is 23.5 Å². The van der Waals surface area contributed by atoms with Crippen LogP contribution < -0.4 is 18.9 Å². The number of rotatable bonds is 3. The lowest BCUT2D eigenvalue weighted by Crippen LogP contribution is -2.32. The van der Waals surface area contributed by atoms with Crippen molar-refractivity contribution in [3.05, 3.63) is 87.1 Å². The van der Waals surface area contributed by atoms with Crippen LogP contribution in [0.1, 0.15) is 32.6 Å². The zero-order chi connectivity index (χ0) is 22.5. The lowest BCUT2D eigenvalue weighted by molar-refractivity contribution is 0.0876. The predicted molar refractivity (Wildman–Crippen MR) is 123 cm³/mol. The Bertz CT molecular complexity index is 1320. The normalized spacial score (nSPS) is 17.5. The number of ether oxygens (including phenoxy) is 4. The smallest absolute Gasteiger partial charge is 0.231 e. The third kappa shape index (κ3) is 3.61. The maximum Gasteiger partial charge on any atom is 0.231 e. The third-order valence-corrected chi connectivity index (χ3v) is 6.27. The fraction of sp³-hybridized carbons (Fsp3) is 0.192. The quantitative estimate of drug-likeness (QED) is 0.490. The Morgan fingerprint density at radius 3 is 2.67 bits per heavy atom. The van der Waals surface area contributed by atoms with Crippen LogP contribution >= 0.6 is 11.6 Å². The molecule has 0 amide bonds. The van der Waals surface area contributed by atoms with Crippen molar-refractivity contribution in [3.63, 3.8) is 0 Å². The first kappa shape index (κ1) is 20.1. The number of Topliss-reactive ketones (excluding diaryl/α,β-unsaturated/α-hetero) is 1. The van der Waals surface area contributed by atoms with Crippen molar-refractivity contribution in [2.45, 2.75) is 20.0 Å². The Morgan fingerprint density at radius 2 is 1.82 bits per heavy atom. The predicted octanol–water partition coefficient (Wildman–Crippen LogP) is 5.35. The molecule has 0 spiro atoms. The monoisotopic (exact) mass is 461 g/mol. The SMILES string of the molecule is Cc1c2c(cc3c1O/C(=C\c1ccc4c(c1)OCO4)C3=O)CN(Cc1ccc(Cl)cc1)CO2. The Kier molecular flexibility index (Phi) is 4.78. The Labute approximate surface area is 195 Å². The van der Waals surface area contributed by atoms with E-state index >= 15 is 0 Å². The van der Waals surface area contributed by atoms with Crippen LogP contribution in [0.5, 0.6) is 23.0 Å². The number of fused-ring (bicyclic) bond motifs is 3. The first-order valence-electron chi connectivity index (χ1n) is 10.6. The molecule has 3 aromatic rings. The van der Waals surface area contributed by atoms with Gasteiger partial charge < -0.3 is 18.9 Å². The molecule has 3 heterocycles. The van der Waals surface area contributed by atoms with E-state index in [1.54, 1.807) is 6.08 Å². The summed E-state index contributed by atoms with van der Waals surface area (Å²) < 4.78 is 22.9.